The number of sulfonamides is 1. The molecule has 0 fully saturated rings. The van der Waals surface area contributed by atoms with Crippen LogP contribution in [0.2, 0.25) is 0 Å². The van der Waals surface area contributed by atoms with Crippen molar-refractivity contribution < 1.29 is 32.3 Å². The molecule has 0 saturated heterocycles. The number of carbonyl (C=O) groups is 2. The van der Waals surface area contributed by atoms with Gasteiger partial charge < -0.3 is 19.6 Å². The van der Waals surface area contributed by atoms with Gasteiger partial charge >= 0.3 is 5.97 Å². The molecule has 0 atom stereocenters. The molecule has 210 valence electrons. The molecule has 2 aromatic heterocycles. The number of nitrogens with zero attached hydrogens (tertiary/aromatic N) is 2. The summed E-state index contributed by atoms with van der Waals surface area (Å²) in [7, 11) is -4.21. The van der Waals surface area contributed by atoms with Gasteiger partial charge in [-0.3, -0.25) is 4.79 Å². The van der Waals surface area contributed by atoms with Crippen molar-refractivity contribution in [2.75, 3.05) is 5.32 Å². The molecule has 2 heterocycles. The largest absolute Gasteiger partial charge is 0.476 e. The van der Waals surface area contributed by atoms with Crippen LogP contribution in [0.3, 0.4) is 0 Å². The Morgan fingerprint density at radius 2 is 1.80 bits per heavy atom. The van der Waals surface area contributed by atoms with E-state index in [1.807, 2.05) is 13.8 Å². The number of ether oxygens (including phenoxy) is 1. The number of aromatic nitrogens is 2. The van der Waals surface area contributed by atoms with Gasteiger partial charge in [0.1, 0.15) is 16.4 Å². The number of carboxylic acids is 1. The summed E-state index contributed by atoms with van der Waals surface area (Å²) in [5, 5.41) is 16.7. The number of rotatable bonds is 12. The van der Waals surface area contributed by atoms with E-state index in [0.717, 1.165) is 0 Å². The Hall–Kier alpha value is -4.42. The van der Waals surface area contributed by atoms with Crippen molar-refractivity contribution in [1.29, 1.82) is 0 Å². The predicted molar refractivity (Wildman–Crippen MR) is 147 cm³/mol. The number of carboxylic acid groups (broad SMARTS) is 1. The van der Waals surface area contributed by atoms with Crippen molar-refractivity contribution in [3.8, 4) is 17.3 Å². The fourth-order valence-corrected chi connectivity index (χ4v) is 5.24. The summed E-state index contributed by atoms with van der Waals surface area (Å²) >= 11 is 0. The number of hydrogen-bond acceptors (Lipinski definition) is 7. The van der Waals surface area contributed by atoms with E-state index in [-0.39, 0.29) is 51.8 Å². The molecule has 2 aromatic carbocycles. The molecule has 0 spiro atoms. The van der Waals surface area contributed by atoms with Crippen LogP contribution < -0.4 is 14.8 Å². The van der Waals surface area contributed by atoms with E-state index >= 15 is 0 Å². The van der Waals surface area contributed by atoms with Gasteiger partial charge in [0, 0.05) is 17.2 Å². The minimum atomic E-state index is -4.21. The SMILES string of the molecule is CCC(CC)C(=O)Nc1ccc(Oc2c(C)c(C(=O)O)nn2-c2ccccc2)c(S(=O)(=O)NCc2ccco2)c1. The van der Waals surface area contributed by atoms with Crippen LogP contribution in [0.1, 0.15) is 48.5 Å². The zero-order chi connectivity index (χ0) is 28.9. The normalized spacial score (nSPS) is 11.5. The second kappa shape index (κ2) is 12.2. The van der Waals surface area contributed by atoms with Crippen LogP contribution >= 0.6 is 0 Å². The third-order valence-corrected chi connectivity index (χ3v) is 7.77. The highest BCUT2D eigenvalue weighted by Crippen LogP contribution is 2.35. The van der Waals surface area contributed by atoms with Crippen LogP contribution in [0.4, 0.5) is 5.69 Å². The molecule has 4 aromatic rings. The van der Waals surface area contributed by atoms with Crippen LogP contribution in [-0.2, 0) is 21.4 Å². The van der Waals surface area contributed by atoms with E-state index in [2.05, 4.69) is 15.1 Å². The van der Waals surface area contributed by atoms with Gasteiger partial charge in [-0.15, -0.1) is 0 Å². The molecule has 0 aliphatic carbocycles. The van der Waals surface area contributed by atoms with E-state index in [1.54, 1.807) is 42.5 Å². The van der Waals surface area contributed by atoms with Gasteiger partial charge in [0.25, 0.3) is 0 Å². The van der Waals surface area contributed by atoms with Gasteiger partial charge in [0.15, 0.2) is 5.69 Å². The van der Waals surface area contributed by atoms with Crippen LogP contribution in [0.25, 0.3) is 5.69 Å². The van der Waals surface area contributed by atoms with E-state index in [4.69, 9.17) is 9.15 Å². The Morgan fingerprint density at radius 3 is 2.42 bits per heavy atom. The molecule has 0 radical (unpaired) electrons. The number of furan rings is 1. The molecule has 4 rings (SSSR count). The minimum absolute atomic E-state index is 0.0277. The molecule has 0 unspecified atom stereocenters. The maximum atomic E-state index is 13.5. The van der Waals surface area contributed by atoms with Crippen LogP contribution in [-0.4, -0.2) is 35.2 Å². The third kappa shape index (κ3) is 6.24. The van der Waals surface area contributed by atoms with Crippen molar-refractivity contribution in [2.45, 2.75) is 45.1 Å². The zero-order valence-electron chi connectivity index (χ0n) is 22.2. The highest BCUT2D eigenvalue weighted by Gasteiger charge is 2.27. The Balaban J connectivity index is 1.78. The number of para-hydroxylation sites is 1. The molecule has 40 heavy (non-hydrogen) atoms. The van der Waals surface area contributed by atoms with E-state index in [1.165, 1.54) is 36.1 Å². The fraction of sp³-hybridized carbons (Fsp3) is 0.250. The summed E-state index contributed by atoms with van der Waals surface area (Å²) in [5.74, 6) is -1.39. The van der Waals surface area contributed by atoms with Gasteiger partial charge in [-0.2, -0.15) is 9.78 Å². The summed E-state index contributed by atoms with van der Waals surface area (Å²) in [6, 6.07) is 16.2. The van der Waals surface area contributed by atoms with Crippen molar-refractivity contribution in [3.63, 3.8) is 0 Å². The molecule has 0 aliphatic rings. The Bertz CT molecular complexity index is 1590. The Morgan fingerprint density at radius 1 is 1.07 bits per heavy atom. The van der Waals surface area contributed by atoms with Gasteiger partial charge in [0.05, 0.1) is 18.5 Å². The van der Waals surface area contributed by atoms with Crippen molar-refractivity contribution in [1.82, 2.24) is 14.5 Å². The van der Waals surface area contributed by atoms with E-state index in [9.17, 15) is 23.1 Å². The monoisotopic (exact) mass is 566 g/mol. The second-order valence-corrected chi connectivity index (χ2v) is 10.7. The first kappa shape index (κ1) is 28.6. The van der Waals surface area contributed by atoms with E-state index in [0.29, 0.717) is 24.3 Å². The number of amides is 1. The van der Waals surface area contributed by atoms with Crippen molar-refractivity contribution in [2.24, 2.45) is 5.92 Å². The van der Waals surface area contributed by atoms with Crippen LogP contribution in [0.15, 0.2) is 76.2 Å². The number of hydrogen-bond donors (Lipinski definition) is 3. The lowest BCUT2D eigenvalue weighted by Gasteiger charge is -2.17. The Labute approximate surface area is 231 Å². The summed E-state index contributed by atoms with van der Waals surface area (Å²) in [6.45, 7) is 5.22. The van der Waals surface area contributed by atoms with Gasteiger partial charge in [-0.05, 0) is 62.2 Å². The summed E-state index contributed by atoms with van der Waals surface area (Å²) in [6.07, 6.45) is 2.70. The first-order valence-electron chi connectivity index (χ1n) is 12.7. The number of anilines is 1. The smallest absolute Gasteiger partial charge is 0.356 e. The molecule has 0 bridgehead atoms. The van der Waals surface area contributed by atoms with Crippen LogP contribution in [0, 0.1) is 12.8 Å². The minimum Gasteiger partial charge on any atom is -0.476 e. The lowest BCUT2D eigenvalue weighted by Crippen LogP contribution is -2.25. The maximum absolute atomic E-state index is 13.5. The van der Waals surface area contributed by atoms with Crippen LogP contribution in [0.5, 0.6) is 11.6 Å². The standard InChI is InChI=1S/C28H30N4O7S/c1-4-19(5-2)26(33)30-20-13-14-23(24(16-20)40(36,37)29-17-22-12-9-15-38-22)39-27-18(3)25(28(34)35)31-32(27)21-10-7-6-8-11-21/h6-16,19,29H,4-5,17H2,1-3H3,(H,30,33)(H,34,35). The van der Waals surface area contributed by atoms with Gasteiger partial charge in [-0.1, -0.05) is 32.0 Å². The summed E-state index contributed by atoms with van der Waals surface area (Å²) < 4.78 is 42.2. The molecule has 12 heteroatoms. The molecular weight excluding hydrogens is 536 g/mol. The highest BCUT2D eigenvalue weighted by atomic mass is 32.2. The van der Waals surface area contributed by atoms with Crippen molar-refractivity contribution >= 4 is 27.6 Å². The quantitative estimate of drug-likeness (QED) is 0.214. The third-order valence-electron chi connectivity index (χ3n) is 6.35. The van der Waals surface area contributed by atoms with E-state index < -0.39 is 16.0 Å². The molecule has 0 saturated carbocycles. The molecular formula is C28H30N4O7S. The second-order valence-electron chi connectivity index (χ2n) is 9.00. The first-order valence-corrected chi connectivity index (χ1v) is 14.2. The lowest BCUT2D eigenvalue weighted by atomic mass is 10.0. The first-order chi connectivity index (χ1) is 19.1. The fourth-order valence-electron chi connectivity index (χ4n) is 4.09. The summed E-state index contributed by atoms with van der Waals surface area (Å²) in [4.78, 5) is 24.3. The molecule has 3 N–H and O–H groups in total. The highest BCUT2D eigenvalue weighted by molar-refractivity contribution is 7.89. The average Bonchev–Trinajstić information content (AvgIpc) is 3.58. The van der Waals surface area contributed by atoms with Gasteiger partial charge in [0.2, 0.25) is 21.8 Å². The number of carbonyl (C=O) groups excluding carboxylic acids is 1. The lowest BCUT2D eigenvalue weighted by molar-refractivity contribution is -0.120. The number of aromatic carboxylic acids is 1. The molecule has 0 aliphatic heterocycles. The predicted octanol–water partition coefficient (Wildman–Crippen LogP) is 5.12. The maximum Gasteiger partial charge on any atom is 0.356 e. The van der Waals surface area contributed by atoms with Gasteiger partial charge in [-0.25, -0.2) is 17.9 Å². The Kier molecular flexibility index (Phi) is 8.70. The number of nitrogens with one attached hydrogen (secondary N) is 2. The topological polar surface area (TPSA) is 153 Å². The van der Waals surface area contributed by atoms with Crippen molar-refractivity contribution in [3.05, 3.63) is 83.9 Å². The zero-order valence-corrected chi connectivity index (χ0v) is 23.1. The average molecular weight is 567 g/mol. The molecule has 1 amide bonds. The summed E-state index contributed by atoms with van der Waals surface area (Å²) in [5.41, 5.74) is 0.743. The number of benzene rings is 2. The molecule has 11 nitrogen and oxygen atoms in total.